The van der Waals surface area contributed by atoms with Gasteiger partial charge in [0.2, 0.25) is 0 Å². The third-order valence-electron chi connectivity index (χ3n) is 5.81. The van der Waals surface area contributed by atoms with Crippen LogP contribution >= 0.6 is 0 Å². The summed E-state index contributed by atoms with van der Waals surface area (Å²) in [6.45, 7) is 11.5. The quantitative estimate of drug-likeness (QED) is 0.281. The van der Waals surface area contributed by atoms with Crippen LogP contribution in [-0.2, 0) is 36.8 Å². The van der Waals surface area contributed by atoms with Gasteiger partial charge in [0, 0.05) is 12.8 Å². The number of carboxylic acids is 2. The van der Waals surface area contributed by atoms with E-state index < -0.39 is 48.0 Å². The number of epoxide rings is 1. The number of carbonyl (C=O) groups is 4. The number of nitrogens with one attached hydrogen (secondary N) is 2. The van der Waals surface area contributed by atoms with E-state index in [2.05, 4.69) is 10.6 Å². The van der Waals surface area contributed by atoms with Crippen molar-refractivity contribution in [3.63, 3.8) is 0 Å². The van der Waals surface area contributed by atoms with Crippen molar-refractivity contribution in [1.29, 1.82) is 0 Å². The molecule has 1 heterocycles. The molecule has 2 aromatic carbocycles. The Hall–Kier alpha value is -4.12. The van der Waals surface area contributed by atoms with Crippen LogP contribution in [0.5, 0.6) is 11.5 Å². The molecule has 0 saturated carbocycles. The zero-order chi connectivity index (χ0) is 30.5. The van der Waals surface area contributed by atoms with E-state index in [1.807, 2.05) is 41.5 Å². The summed E-state index contributed by atoms with van der Waals surface area (Å²) in [4.78, 5) is 48.9. The molecule has 1 fully saturated rings. The molecule has 0 spiro atoms. The molecule has 1 aliphatic heterocycles. The lowest BCUT2D eigenvalue weighted by molar-refractivity contribution is -0.142. The molecule has 41 heavy (non-hydrogen) atoms. The summed E-state index contributed by atoms with van der Waals surface area (Å²) in [5.74, 6) is -2.79. The monoisotopic (exact) mass is 570 g/mol. The maximum atomic E-state index is 12.7. The summed E-state index contributed by atoms with van der Waals surface area (Å²) in [6.07, 6.45) is -2.44. The summed E-state index contributed by atoms with van der Waals surface area (Å²) in [5.41, 5.74) is 0.548. The third-order valence-corrected chi connectivity index (χ3v) is 5.81. The van der Waals surface area contributed by atoms with E-state index in [0.29, 0.717) is 22.6 Å². The first kappa shape index (κ1) is 31.4. The molecule has 3 rings (SSSR count). The minimum Gasteiger partial charge on any atom is -0.488 e. The molecule has 11 heteroatoms. The highest BCUT2D eigenvalue weighted by Crippen LogP contribution is 2.24. The Labute approximate surface area is 239 Å². The van der Waals surface area contributed by atoms with Crippen molar-refractivity contribution >= 4 is 23.8 Å². The van der Waals surface area contributed by atoms with Gasteiger partial charge in [-0.15, -0.1) is 0 Å². The predicted octanol–water partition coefficient (Wildman–Crippen LogP) is 2.73. The van der Waals surface area contributed by atoms with Crippen molar-refractivity contribution in [2.75, 3.05) is 0 Å². The number of carbonyl (C=O) groups excluding carboxylic acids is 2. The second-order valence-corrected chi connectivity index (χ2v) is 11.9. The fourth-order valence-electron chi connectivity index (χ4n) is 3.98. The van der Waals surface area contributed by atoms with Crippen LogP contribution in [0.2, 0.25) is 0 Å². The van der Waals surface area contributed by atoms with Gasteiger partial charge in [-0.3, -0.25) is 9.59 Å². The summed E-state index contributed by atoms with van der Waals surface area (Å²) < 4.78 is 16.7. The first-order valence-electron chi connectivity index (χ1n) is 13.3. The van der Waals surface area contributed by atoms with Crippen molar-refractivity contribution in [2.24, 2.45) is 0 Å². The lowest BCUT2D eigenvalue weighted by Crippen LogP contribution is -2.47. The molecule has 2 aromatic rings. The molecule has 222 valence electrons. The van der Waals surface area contributed by atoms with Crippen LogP contribution in [0.25, 0.3) is 0 Å². The lowest BCUT2D eigenvalue weighted by atomic mass is 10.0. The third kappa shape index (κ3) is 10.1. The van der Waals surface area contributed by atoms with Gasteiger partial charge in [0.15, 0.2) is 12.2 Å². The van der Waals surface area contributed by atoms with Crippen molar-refractivity contribution in [3.05, 3.63) is 59.7 Å². The molecular weight excluding hydrogens is 532 g/mol. The van der Waals surface area contributed by atoms with E-state index in [4.69, 9.17) is 14.2 Å². The number of amides is 2. The Morgan fingerprint density at radius 1 is 0.683 bits per heavy atom. The predicted molar refractivity (Wildman–Crippen MR) is 149 cm³/mol. The molecule has 2 amide bonds. The summed E-state index contributed by atoms with van der Waals surface area (Å²) in [6, 6.07) is 11.2. The minimum atomic E-state index is -1.26. The molecule has 0 bridgehead atoms. The van der Waals surface area contributed by atoms with Gasteiger partial charge < -0.3 is 35.1 Å². The average Bonchev–Trinajstić information content (AvgIpc) is 3.65. The smallest absolute Gasteiger partial charge is 0.326 e. The fourth-order valence-corrected chi connectivity index (χ4v) is 3.98. The lowest BCUT2D eigenvalue weighted by Gasteiger charge is -2.21. The van der Waals surface area contributed by atoms with Crippen LogP contribution in [0.4, 0.5) is 0 Å². The van der Waals surface area contributed by atoms with E-state index in [0.717, 1.165) is 0 Å². The van der Waals surface area contributed by atoms with Crippen molar-refractivity contribution in [3.8, 4) is 11.5 Å². The Balaban J connectivity index is 1.53. The number of benzene rings is 2. The second kappa shape index (κ2) is 12.6. The van der Waals surface area contributed by atoms with Crippen LogP contribution in [0.1, 0.15) is 52.7 Å². The van der Waals surface area contributed by atoms with Gasteiger partial charge in [-0.05, 0) is 76.9 Å². The molecule has 4 N–H and O–H groups in total. The number of hydrogen-bond acceptors (Lipinski definition) is 7. The normalized spacial score (nSPS) is 18.0. The maximum Gasteiger partial charge on any atom is 0.326 e. The molecular formula is C30H38N2O9. The fraction of sp³-hybridized carbons (Fsp3) is 0.467. The highest BCUT2D eigenvalue weighted by molar-refractivity contribution is 5.97. The van der Waals surface area contributed by atoms with Crippen LogP contribution in [0.3, 0.4) is 0 Å². The molecule has 4 atom stereocenters. The minimum absolute atomic E-state index is 0.00112. The van der Waals surface area contributed by atoms with E-state index in [-0.39, 0.29) is 24.0 Å². The highest BCUT2D eigenvalue weighted by Gasteiger charge is 2.51. The van der Waals surface area contributed by atoms with Crippen LogP contribution in [0.15, 0.2) is 48.5 Å². The molecule has 0 unspecified atom stereocenters. The molecule has 0 radical (unpaired) electrons. The van der Waals surface area contributed by atoms with Gasteiger partial charge in [-0.25, -0.2) is 9.59 Å². The molecule has 0 aromatic heterocycles. The number of carboxylic acid groups (broad SMARTS) is 2. The van der Waals surface area contributed by atoms with Crippen LogP contribution < -0.4 is 20.1 Å². The Bertz CT molecular complexity index is 1150. The van der Waals surface area contributed by atoms with Gasteiger partial charge in [0.1, 0.15) is 34.8 Å². The zero-order valence-electron chi connectivity index (χ0n) is 24.1. The van der Waals surface area contributed by atoms with Gasteiger partial charge >= 0.3 is 11.9 Å². The van der Waals surface area contributed by atoms with E-state index in [1.165, 1.54) is 0 Å². The van der Waals surface area contributed by atoms with Gasteiger partial charge in [-0.1, -0.05) is 24.3 Å². The standard InChI is InChI=1S/C30H38N2O9/c1-29(2,3)40-19-11-7-17(8-12-19)15-21(27(35)36)31-25(33)23-24(39-23)26(34)32-22(28(37)38)16-18-9-13-20(14-10-18)41-30(4,5)6/h7-14,21-24H,15-16H2,1-6H3,(H,31,33)(H,32,34)(H,35,36)(H,37,38)/t21-,22-,23-,24-/m0/s1. The van der Waals surface area contributed by atoms with Crippen molar-refractivity contribution < 1.29 is 43.6 Å². The van der Waals surface area contributed by atoms with Gasteiger partial charge in [-0.2, -0.15) is 0 Å². The Morgan fingerprint density at radius 2 is 1.00 bits per heavy atom. The highest BCUT2D eigenvalue weighted by atomic mass is 16.6. The van der Waals surface area contributed by atoms with Crippen LogP contribution in [-0.4, -0.2) is 69.5 Å². The van der Waals surface area contributed by atoms with E-state index in [9.17, 15) is 29.4 Å². The Kier molecular flexibility index (Phi) is 9.65. The van der Waals surface area contributed by atoms with Crippen LogP contribution in [0, 0.1) is 0 Å². The topological polar surface area (TPSA) is 164 Å². The Morgan fingerprint density at radius 3 is 1.27 bits per heavy atom. The largest absolute Gasteiger partial charge is 0.488 e. The SMILES string of the molecule is CC(C)(C)Oc1ccc(C[C@H](NC(=O)[C@H]2O[C@@H]2C(=O)N[C@@H](Cc2ccc(OC(C)(C)C)cc2)C(=O)O)C(=O)O)cc1. The maximum absolute atomic E-state index is 12.7. The van der Waals surface area contributed by atoms with Gasteiger partial charge in [0.05, 0.1) is 0 Å². The number of hydrogen-bond donors (Lipinski definition) is 4. The van der Waals surface area contributed by atoms with Crippen molar-refractivity contribution in [2.45, 2.75) is 89.9 Å². The second-order valence-electron chi connectivity index (χ2n) is 11.9. The number of ether oxygens (including phenoxy) is 3. The molecule has 1 saturated heterocycles. The van der Waals surface area contributed by atoms with Crippen molar-refractivity contribution in [1.82, 2.24) is 10.6 Å². The number of aliphatic carboxylic acids is 2. The molecule has 11 nitrogen and oxygen atoms in total. The molecule has 0 aliphatic carbocycles. The molecule has 1 aliphatic rings. The summed E-state index contributed by atoms with van der Waals surface area (Å²) in [7, 11) is 0. The first-order valence-corrected chi connectivity index (χ1v) is 13.3. The summed E-state index contributed by atoms with van der Waals surface area (Å²) >= 11 is 0. The van der Waals surface area contributed by atoms with Gasteiger partial charge in [0.25, 0.3) is 11.8 Å². The van der Waals surface area contributed by atoms with E-state index in [1.54, 1.807) is 48.5 Å². The number of rotatable bonds is 12. The van der Waals surface area contributed by atoms with E-state index >= 15 is 0 Å². The summed E-state index contributed by atoms with van der Waals surface area (Å²) in [5, 5.41) is 24.1. The zero-order valence-corrected chi connectivity index (χ0v) is 24.1. The first-order chi connectivity index (χ1) is 19.0. The average molecular weight is 571 g/mol.